The minimum absolute atomic E-state index is 0.107. The quantitative estimate of drug-likeness (QED) is 0.220. The van der Waals surface area contributed by atoms with Crippen molar-refractivity contribution in [3.63, 3.8) is 0 Å². The second kappa shape index (κ2) is 11.8. The number of carbonyl (C=O) groups is 2. The molecule has 1 atom stereocenters. The van der Waals surface area contributed by atoms with Crippen LogP contribution in [0.4, 0.5) is 0 Å². The zero-order valence-corrected chi connectivity index (χ0v) is 24.4. The smallest absolute Gasteiger partial charge is 0.228 e. The monoisotopic (exact) mass is 512 g/mol. The molecule has 0 aliphatic heterocycles. The number of hydrogen-bond donors (Lipinski definition) is 1. The largest absolute Gasteiger partial charge is 0.393 e. The summed E-state index contributed by atoms with van der Waals surface area (Å²) in [5.74, 6) is -0.902. The average molecular weight is 513 g/mol. The van der Waals surface area contributed by atoms with E-state index in [9.17, 15) is 14.7 Å². The zero-order chi connectivity index (χ0) is 28.3. The van der Waals surface area contributed by atoms with Crippen molar-refractivity contribution in [1.29, 1.82) is 0 Å². The van der Waals surface area contributed by atoms with Gasteiger partial charge in [0.15, 0.2) is 5.78 Å². The molecule has 0 saturated heterocycles. The molecule has 3 aromatic rings. The van der Waals surface area contributed by atoms with Crippen LogP contribution in [0, 0.1) is 19.3 Å². The Morgan fingerprint density at radius 2 is 1.45 bits per heavy atom. The van der Waals surface area contributed by atoms with Gasteiger partial charge in [-0.1, -0.05) is 89.2 Å². The summed E-state index contributed by atoms with van der Waals surface area (Å²) in [6.07, 6.45) is 3.26. The second-order valence-electron chi connectivity index (χ2n) is 11.8. The van der Waals surface area contributed by atoms with E-state index >= 15 is 0 Å². The first-order valence-electron chi connectivity index (χ1n) is 13.9. The fourth-order valence-electron chi connectivity index (χ4n) is 5.55. The molecule has 0 aliphatic carbocycles. The Morgan fingerprint density at radius 1 is 0.842 bits per heavy atom. The van der Waals surface area contributed by atoms with Gasteiger partial charge in [-0.3, -0.25) is 9.59 Å². The molecular formula is C35H44O3. The van der Waals surface area contributed by atoms with Crippen molar-refractivity contribution in [3.8, 4) is 11.1 Å². The van der Waals surface area contributed by atoms with Crippen LogP contribution in [0.15, 0.2) is 60.7 Å². The Morgan fingerprint density at radius 3 is 1.97 bits per heavy atom. The van der Waals surface area contributed by atoms with Crippen molar-refractivity contribution in [3.05, 3.63) is 94.0 Å². The van der Waals surface area contributed by atoms with Gasteiger partial charge >= 0.3 is 0 Å². The molecule has 1 unspecified atom stereocenters. The van der Waals surface area contributed by atoms with Crippen LogP contribution in [0.5, 0.6) is 0 Å². The van der Waals surface area contributed by atoms with E-state index in [0.29, 0.717) is 5.56 Å². The lowest BCUT2D eigenvalue weighted by molar-refractivity contribution is -0.113. The van der Waals surface area contributed by atoms with Gasteiger partial charge in [0, 0.05) is 17.9 Å². The molecule has 3 aromatic carbocycles. The normalized spacial score (nSPS) is 12.9. The van der Waals surface area contributed by atoms with Crippen molar-refractivity contribution in [2.24, 2.45) is 5.41 Å². The highest BCUT2D eigenvalue weighted by atomic mass is 16.3. The molecule has 202 valence electrons. The number of hydrogen-bond acceptors (Lipinski definition) is 3. The van der Waals surface area contributed by atoms with E-state index in [-0.39, 0.29) is 16.9 Å². The summed E-state index contributed by atoms with van der Waals surface area (Å²) in [4.78, 5) is 23.8. The summed E-state index contributed by atoms with van der Waals surface area (Å²) in [6, 6.07) is 20.9. The van der Waals surface area contributed by atoms with Gasteiger partial charge < -0.3 is 5.11 Å². The number of aliphatic hydroxyl groups excluding tert-OH is 1. The summed E-state index contributed by atoms with van der Waals surface area (Å²) in [7, 11) is 0. The van der Waals surface area contributed by atoms with Gasteiger partial charge in [-0.05, 0) is 90.0 Å². The molecule has 0 saturated carbocycles. The number of carbonyl (C=O) groups excluding carboxylic acids is 2. The number of benzene rings is 3. The van der Waals surface area contributed by atoms with Crippen molar-refractivity contribution in [2.75, 3.05) is 0 Å². The first-order chi connectivity index (χ1) is 17.8. The number of aliphatic hydroxyl groups is 1. The highest BCUT2D eigenvalue weighted by molar-refractivity contribution is 6.43. The van der Waals surface area contributed by atoms with E-state index in [4.69, 9.17) is 0 Å². The molecular weight excluding hydrogens is 468 g/mol. The van der Waals surface area contributed by atoms with Crippen LogP contribution < -0.4 is 0 Å². The fourth-order valence-corrected chi connectivity index (χ4v) is 5.55. The summed E-state index contributed by atoms with van der Waals surface area (Å²) >= 11 is 0. The third kappa shape index (κ3) is 6.15. The molecule has 0 radical (unpaired) electrons. The highest BCUT2D eigenvalue weighted by Crippen LogP contribution is 2.41. The Hall–Kier alpha value is -3.04. The lowest BCUT2D eigenvalue weighted by atomic mass is 9.69. The lowest BCUT2D eigenvalue weighted by Gasteiger charge is -2.34. The minimum Gasteiger partial charge on any atom is -0.393 e. The van der Waals surface area contributed by atoms with Gasteiger partial charge in [-0.15, -0.1) is 0 Å². The van der Waals surface area contributed by atoms with Crippen LogP contribution in [0.1, 0.15) is 99.0 Å². The van der Waals surface area contributed by atoms with E-state index in [2.05, 4.69) is 84.9 Å². The maximum atomic E-state index is 12.2. The average Bonchev–Trinajstić information content (AvgIpc) is 2.88. The lowest BCUT2D eigenvalue weighted by Crippen LogP contribution is -2.27. The van der Waals surface area contributed by atoms with Crippen molar-refractivity contribution < 1.29 is 14.7 Å². The third-order valence-corrected chi connectivity index (χ3v) is 8.32. The van der Waals surface area contributed by atoms with Crippen LogP contribution in [-0.4, -0.2) is 22.8 Å². The van der Waals surface area contributed by atoms with Crippen LogP contribution in [0.3, 0.4) is 0 Å². The summed E-state index contributed by atoms with van der Waals surface area (Å²) in [6.45, 7) is 16.4. The summed E-state index contributed by atoms with van der Waals surface area (Å²) in [5, 5.41) is 10.5. The molecule has 1 N–H and O–H groups in total. The fraction of sp³-hybridized carbons (Fsp3) is 0.429. The number of rotatable bonds is 10. The van der Waals surface area contributed by atoms with Gasteiger partial charge in [0.2, 0.25) is 5.78 Å². The minimum atomic E-state index is -0.455. The van der Waals surface area contributed by atoms with Gasteiger partial charge in [0.1, 0.15) is 0 Å². The topological polar surface area (TPSA) is 54.4 Å². The van der Waals surface area contributed by atoms with Crippen molar-refractivity contribution in [1.82, 2.24) is 0 Å². The van der Waals surface area contributed by atoms with Gasteiger partial charge in [-0.2, -0.15) is 0 Å². The molecule has 3 rings (SSSR count). The van der Waals surface area contributed by atoms with Crippen LogP contribution in [0.25, 0.3) is 11.1 Å². The molecule has 0 fully saturated rings. The predicted molar refractivity (Wildman–Crippen MR) is 158 cm³/mol. The summed E-state index contributed by atoms with van der Waals surface area (Å²) < 4.78 is 0. The number of ketones is 2. The molecule has 38 heavy (non-hydrogen) atoms. The molecule has 0 aromatic heterocycles. The van der Waals surface area contributed by atoms with Gasteiger partial charge in [0.05, 0.1) is 6.10 Å². The maximum absolute atomic E-state index is 12.2. The molecule has 0 heterocycles. The van der Waals surface area contributed by atoms with Crippen molar-refractivity contribution in [2.45, 2.75) is 92.6 Å². The Bertz CT molecular complexity index is 1300. The van der Waals surface area contributed by atoms with E-state index in [1.807, 2.05) is 18.2 Å². The van der Waals surface area contributed by atoms with Gasteiger partial charge in [-0.25, -0.2) is 0 Å². The number of aryl methyl sites for hydroxylation is 3. The Labute approximate surface area is 229 Å². The molecule has 0 aliphatic rings. The van der Waals surface area contributed by atoms with Crippen LogP contribution in [0.2, 0.25) is 0 Å². The summed E-state index contributed by atoms with van der Waals surface area (Å²) in [5.41, 5.74) is 8.54. The predicted octanol–water partition coefficient (Wildman–Crippen LogP) is 8.19. The maximum Gasteiger partial charge on any atom is 0.228 e. The van der Waals surface area contributed by atoms with Crippen molar-refractivity contribution >= 4 is 11.6 Å². The zero-order valence-electron chi connectivity index (χ0n) is 24.4. The molecule has 0 bridgehead atoms. The van der Waals surface area contributed by atoms with E-state index in [1.54, 1.807) is 6.07 Å². The Kier molecular flexibility index (Phi) is 9.15. The van der Waals surface area contributed by atoms with E-state index in [0.717, 1.165) is 42.4 Å². The first kappa shape index (κ1) is 29.5. The van der Waals surface area contributed by atoms with Crippen LogP contribution >= 0.6 is 0 Å². The SMILES string of the molecule is CCC(CC)(c1ccc(CCC(O)C(C)(C)C)c(C)c1)c1ccc(-c2cccc(C(=O)C(C)=O)c2)c(C)c1. The van der Waals surface area contributed by atoms with Gasteiger partial charge in [0.25, 0.3) is 0 Å². The first-order valence-corrected chi connectivity index (χ1v) is 13.9. The standard InChI is InChI=1S/C35H44O3/c1-9-35(10-2,29-16-14-26(23(3)20-29)15-19-32(37)34(6,7)8)30-17-18-31(24(4)21-30)27-12-11-13-28(22-27)33(38)25(5)36/h11-14,16-18,20-22,32,37H,9-10,15,19H2,1-8H3. The number of Topliss-reactive ketones (excluding diaryl/α,β-unsaturated/α-hetero) is 2. The molecule has 3 heteroatoms. The van der Waals surface area contributed by atoms with E-state index in [1.165, 1.54) is 29.2 Å². The molecule has 3 nitrogen and oxygen atoms in total. The van der Waals surface area contributed by atoms with Crippen LogP contribution in [-0.2, 0) is 16.6 Å². The molecule has 0 spiro atoms. The van der Waals surface area contributed by atoms with E-state index < -0.39 is 11.6 Å². The Balaban J connectivity index is 1.96. The highest BCUT2D eigenvalue weighted by Gasteiger charge is 2.31. The molecule has 0 amide bonds. The second-order valence-corrected chi connectivity index (χ2v) is 11.8. The third-order valence-electron chi connectivity index (χ3n) is 8.32.